The highest BCUT2D eigenvalue weighted by molar-refractivity contribution is 5.82. The number of hydrogen-bond donors (Lipinski definition) is 1. The second-order valence-electron chi connectivity index (χ2n) is 5.89. The van der Waals surface area contributed by atoms with Crippen LogP contribution < -0.4 is 10.5 Å². The molecule has 0 aliphatic carbocycles. The summed E-state index contributed by atoms with van der Waals surface area (Å²) in [5.74, 6) is -0.346. The summed E-state index contributed by atoms with van der Waals surface area (Å²) in [5, 5.41) is 8.41. The van der Waals surface area contributed by atoms with Crippen molar-refractivity contribution in [3.8, 4) is 28.1 Å². The zero-order chi connectivity index (χ0) is 18.3. The van der Waals surface area contributed by atoms with E-state index in [4.69, 9.17) is 10.5 Å². The number of rotatable bonds is 4. The Bertz CT molecular complexity index is 1100. The van der Waals surface area contributed by atoms with Gasteiger partial charge in [0.15, 0.2) is 11.6 Å². The van der Waals surface area contributed by atoms with Gasteiger partial charge in [-0.2, -0.15) is 10.2 Å². The maximum absolute atomic E-state index is 15.0. The summed E-state index contributed by atoms with van der Waals surface area (Å²) >= 11 is 0. The van der Waals surface area contributed by atoms with Gasteiger partial charge in [-0.15, -0.1) is 0 Å². The number of halogens is 1. The predicted molar refractivity (Wildman–Crippen MR) is 95.0 cm³/mol. The van der Waals surface area contributed by atoms with E-state index >= 15 is 4.39 Å². The Morgan fingerprint density at radius 2 is 2.04 bits per heavy atom. The number of methoxy groups -OCH3 is 1. The van der Waals surface area contributed by atoms with Crippen molar-refractivity contribution in [2.24, 2.45) is 12.8 Å². The van der Waals surface area contributed by atoms with E-state index in [1.165, 1.54) is 13.4 Å². The fourth-order valence-electron chi connectivity index (χ4n) is 3.03. The molecule has 0 aliphatic rings. The van der Waals surface area contributed by atoms with Gasteiger partial charge in [-0.25, -0.2) is 13.9 Å². The van der Waals surface area contributed by atoms with Crippen molar-refractivity contribution in [1.82, 2.24) is 24.4 Å². The monoisotopic (exact) mass is 352 g/mol. The Morgan fingerprint density at radius 3 is 2.73 bits per heavy atom. The van der Waals surface area contributed by atoms with E-state index in [1.807, 2.05) is 25.5 Å². The molecular weight excluding hydrogens is 335 g/mol. The number of nitrogens with zero attached hydrogens (tertiary/aromatic N) is 5. The van der Waals surface area contributed by atoms with Crippen LogP contribution in [0.4, 0.5) is 4.39 Å². The predicted octanol–water partition coefficient (Wildman–Crippen LogP) is 2.40. The first-order chi connectivity index (χ1) is 12.6. The van der Waals surface area contributed by atoms with Crippen molar-refractivity contribution >= 4 is 5.52 Å². The largest absolute Gasteiger partial charge is 0.493 e. The Kier molecular flexibility index (Phi) is 3.89. The molecule has 0 spiro atoms. The van der Waals surface area contributed by atoms with Crippen molar-refractivity contribution < 1.29 is 9.13 Å². The minimum atomic E-state index is -0.486. The lowest BCUT2D eigenvalue weighted by atomic mass is 10.1. The van der Waals surface area contributed by atoms with Gasteiger partial charge in [0.2, 0.25) is 0 Å². The molecule has 132 valence electrons. The second-order valence-corrected chi connectivity index (χ2v) is 5.89. The lowest BCUT2D eigenvalue weighted by Gasteiger charge is -2.11. The van der Waals surface area contributed by atoms with Crippen LogP contribution >= 0.6 is 0 Å². The van der Waals surface area contributed by atoms with E-state index in [1.54, 1.807) is 27.5 Å². The highest BCUT2D eigenvalue weighted by Gasteiger charge is 2.19. The normalized spacial score (nSPS) is 11.2. The second kappa shape index (κ2) is 6.23. The fraction of sp³-hybridized carbons (Fsp3) is 0.167. The van der Waals surface area contributed by atoms with Crippen molar-refractivity contribution in [3.05, 3.63) is 54.5 Å². The molecule has 0 unspecified atom stereocenters. The van der Waals surface area contributed by atoms with Crippen molar-refractivity contribution in [2.75, 3.05) is 7.11 Å². The first-order valence-electron chi connectivity index (χ1n) is 8.00. The van der Waals surface area contributed by atoms with Gasteiger partial charge in [-0.05, 0) is 12.1 Å². The average molecular weight is 352 g/mol. The van der Waals surface area contributed by atoms with Crippen LogP contribution in [0.25, 0.3) is 27.9 Å². The van der Waals surface area contributed by atoms with Crippen molar-refractivity contribution in [3.63, 3.8) is 0 Å². The molecule has 0 bridgehead atoms. The third kappa shape index (κ3) is 2.51. The molecule has 4 aromatic rings. The van der Waals surface area contributed by atoms with E-state index in [2.05, 4.69) is 15.2 Å². The summed E-state index contributed by atoms with van der Waals surface area (Å²) in [6.07, 6.45) is 6.93. The Morgan fingerprint density at radius 1 is 1.19 bits per heavy atom. The Hall–Kier alpha value is -3.26. The Balaban J connectivity index is 1.91. The molecule has 0 saturated carbocycles. The molecule has 3 aromatic heterocycles. The van der Waals surface area contributed by atoms with Crippen LogP contribution in [0.5, 0.6) is 5.75 Å². The van der Waals surface area contributed by atoms with Gasteiger partial charge in [0.1, 0.15) is 12.0 Å². The van der Waals surface area contributed by atoms with Gasteiger partial charge < -0.3 is 10.5 Å². The van der Waals surface area contributed by atoms with Crippen LogP contribution in [0.2, 0.25) is 0 Å². The minimum absolute atomic E-state index is 0.140. The molecule has 0 aliphatic heterocycles. The third-order valence-electron chi connectivity index (χ3n) is 4.30. The smallest absolute Gasteiger partial charge is 0.174 e. The van der Waals surface area contributed by atoms with Crippen LogP contribution in [0, 0.1) is 5.82 Å². The molecule has 7 nitrogen and oxygen atoms in total. The number of aryl methyl sites for hydroxylation is 1. The maximum atomic E-state index is 15.0. The lowest BCUT2D eigenvalue weighted by Crippen LogP contribution is -2.04. The van der Waals surface area contributed by atoms with E-state index < -0.39 is 5.82 Å². The number of fused-ring (bicyclic) bond motifs is 1. The number of hydrogen-bond acceptors (Lipinski definition) is 5. The molecule has 8 heteroatoms. The molecule has 2 N–H and O–H groups in total. The quantitative estimate of drug-likeness (QED) is 0.610. The van der Waals surface area contributed by atoms with Crippen LogP contribution in [0.1, 0.15) is 5.56 Å². The van der Waals surface area contributed by atoms with Crippen LogP contribution in [0.15, 0.2) is 43.1 Å². The van der Waals surface area contributed by atoms with E-state index in [0.717, 1.165) is 11.1 Å². The number of benzene rings is 1. The molecular formula is C18H17FN6O. The molecule has 0 fully saturated rings. The van der Waals surface area contributed by atoms with Gasteiger partial charge in [0.25, 0.3) is 0 Å². The fourth-order valence-corrected chi connectivity index (χ4v) is 3.03. The number of aromatic nitrogens is 5. The molecule has 0 saturated heterocycles. The van der Waals surface area contributed by atoms with Crippen LogP contribution in [-0.2, 0) is 13.6 Å². The molecule has 26 heavy (non-hydrogen) atoms. The number of ether oxygens (including phenoxy) is 1. The van der Waals surface area contributed by atoms with Gasteiger partial charge in [0, 0.05) is 48.2 Å². The molecule has 0 radical (unpaired) electrons. The van der Waals surface area contributed by atoms with Gasteiger partial charge in [0.05, 0.1) is 18.8 Å². The molecule has 3 heterocycles. The Labute approximate surface area is 148 Å². The van der Waals surface area contributed by atoms with Crippen LogP contribution in [0.3, 0.4) is 0 Å². The SMILES string of the molecule is COc1c(CN)ccc(-c2ncnn3cc(-c4cnn(C)c4)cc23)c1F. The lowest BCUT2D eigenvalue weighted by molar-refractivity contribution is 0.382. The number of nitrogens with two attached hydrogens (primary N) is 1. The summed E-state index contributed by atoms with van der Waals surface area (Å²) < 4.78 is 23.6. The summed E-state index contributed by atoms with van der Waals surface area (Å²) in [6, 6.07) is 5.33. The van der Waals surface area contributed by atoms with E-state index in [9.17, 15) is 0 Å². The maximum Gasteiger partial charge on any atom is 0.174 e. The molecule has 4 rings (SSSR count). The third-order valence-corrected chi connectivity index (χ3v) is 4.30. The summed E-state index contributed by atoms with van der Waals surface area (Å²) in [7, 11) is 3.28. The standard InChI is InChI=1S/C18H17FN6O/c1-24-8-13(7-22-24)12-5-15-17(21-10-23-25(15)9-12)14-4-3-11(6-20)18(26-2)16(14)19/h3-5,7-10H,6,20H2,1-2H3. The molecule has 0 atom stereocenters. The van der Waals surface area contributed by atoms with Gasteiger partial charge >= 0.3 is 0 Å². The van der Waals surface area contributed by atoms with Gasteiger partial charge in [-0.1, -0.05) is 6.07 Å². The summed E-state index contributed by atoms with van der Waals surface area (Å²) in [6.45, 7) is 0.190. The zero-order valence-corrected chi connectivity index (χ0v) is 14.3. The van der Waals surface area contributed by atoms with Crippen molar-refractivity contribution in [2.45, 2.75) is 6.54 Å². The molecule has 1 aromatic carbocycles. The van der Waals surface area contributed by atoms with Crippen molar-refractivity contribution in [1.29, 1.82) is 0 Å². The zero-order valence-electron chi connectivity index (χ0n) is 14.3. The van der Waals surface area contributed by atoms with Gasteiger partial charge in [-0.3, -0.25) is 4.68 Å². The average Bonchev–Trinajstić information content (AvgIpc) is 3.27. The summed E-state index contributed by atoms with van der Waals surface area (Å²) in [5.41, 5.74) is 9.63. The first-order valence-corrected chi connectivity index (χ1v) is 8.00. The minimum Gasteiger partial charge on any atom is -0.493 e. The molecule has 0 amide bonds. The summed E-state index contributed by atoms with van der Waals surface area (Å²) in [4.78, 5) is 4.30. The highest BCUT2D eigenvalue weighted by atomic mass is 19.1. The topological polar surface area (TPSA) is 83.3 Å². The first kappa shape index (κ1) is 16.2. The highest BCUT2D eigenvalue weighted by Crippen LogP contribution is 2.34. The van der Waals surface area contributed by atoms with Crippen LogP contribution in [-0.4, -0.2) is 31.5 Å². The van der Waals surface area contributed by atoms with E-state index in [-0.39, 0.29) is 12.3 Å². The van der Waals surface area contributed by atoms with E-state index in [0.29, 0.717) is 22.3 Å².